The van der Waals surface area contributed by atoms with Crippen LogP contribution in [-0.2, 0) is 0 Å². The van der Waals surface area contributed by atoms with Gasteiger partial charge in [-0.25, -0.2) is 4.90 Å². The van der Waals surface area contributed by atoms with Gasteiger partial charge in [-0.15, -0.1) is 0 Å². The van der Waals surface area contributed by atoms with Crippen molar-refractivity contribution in [3.63, 3.8) is 0 Å². The van der Waals surface area contributed by atoms with Crippen LogP contribution in [-0.4, -0.2) is 50.6 Å². The van der Waals surface area contributed by atoms with Crippen LogP contribution in [0.4, 0.5) is 0 Å². The van der Waals surface area contributed by atoms with E-state index in [0.29, 0.717) is 0 Å². The van der Waals surface area contributed by atoms with Gasteiger partial charge in [-0.2, -0.15) is 0 Å². The van der Waals surface area contributed by atoms with Gasteiger partial charge < -0.3 is 20.4 Å². The molecule has 3 atom stereocenters. The predicted molar refractivity (Wildman–Crippen MR) is 42.9 cm³/mol. The Balaban J connectivity index is 4.09. The smallest absolute Gasteiger partial charge is 0.113 e. The van der Waals surface area contributed by atoms with E-state index in [2.05, 4.69) is 0 Å². The third-order valence-electron chi connectivity index (χ3n) is 1.59. The SMILES string of the molecule is CC(O)N(C(C)O)C(O)CCO. The molecule has 74 valence electrons. The molecule has 0 aromatic heterocycles. The highest BCUT2D eigenvalue weighted by Crippen LogP contribution is 2.08. The molecule has 0 spiro atoms. The standard InChI is InChI=1S/C7H17NO4/c1-5(10)8(6(2)11)7(12)3-4-9/h5-7,9-12H,3-4H2,1-2H3. The lowest BCUT2D eigenvalue weighted by molar-refractivity contribution is -0.170. The zero-order chi connectivity index (χ0) is 9.72. The van der Waals surface area contributed by atoms with E-state index in [1.54, 1.807) is 0 Å². The van der Waals surface area contributed by atoms with E-state index in [0.717, 1.165) is 4.90 Å². The summed E-state index contributed by atoms with van der Waals surface area (Å²) in [7, 11) is 0. The molecule has 12 heavy (non-hydrogen) atoms. The number of nitrogens with zero attached hydrogens (tertiary/aromatic N) is 1. The van der Waals surface area contributed by atoms with Crippen LogP contribution in [0.3, 0.4) is 0 Å². The molecular formula is C7H17NO4. The minimum atomic E-state index is -1.02. The lowest BCUT2D eigenvalue weighted by Crippen LogP contribution is -2.47. The largest absolute Gasteiger partial charge is 0.396 e. The fraction of sp³-hybridized carbons (Fsp3) is 1.00. The third kappa shape index (κ3) is 3.46. The molecule has 5 nitrogen and oxygen atoms in total. The van der Waals surface area contributed by atoms with Gasteiger partial charge in [0, 0.05) is 13.0 Å². The van der Waals surface area contributed by atoms with Gasteiger partial charge in [0.2, 0.25) is 0 Å². The summed E-state index contributed by atoms with van der Waals surface area (Å²) in [6.45, 7) is 2.69. The van der Waals surface area contributed by atoms with Crippen molar-refractivity contribution in [2.45, 2.75) is 39.0 Å². The molecule has 3 unspecified atom stereocenters. The number of aliphatic hydroxyl groups excluding tert-OH is 4. The monoisotopic (exact) mass is 179 g/mol. The molecule has 0 bridgehead atoms. The second-order valence-electron chi connectivity index (χ2n) is 2.70. The molecule has 0 aliphatic carbocycles. The molecule has 0 radical (unpaired) electrons. The van der Waals surface area contributed by atoms with Crippen molar-refractivity contribution in [2.24, 2.45) is 0 Å². The fourth-order valence-corrected chi connectivity index (χ4v) is 1.07. The first-order valence-electron chi connectivity index (χ1n) is 3.93. The van der Waals surface area contributed by atoms with E-state index in [4.69, 9.17) is 15.3 Å². The molecule has 0 rings (SSSR count). The summed E-state index contributed by atoms with van der Waals surface area (Å²) in [6.07, 6.45) is -2.79. The van der Waals surface area contributed by atoms with Gasteiger partial charge in [-0.3, -0.25) is 0 Å². The van der Waals surface area contributed by atoms with Crippen LogP contribution in [0.2, 0.25) is 0 Å². The molecule has 0 heterocycles. The van der Waals surface area contributed by atoms with Crippen molar-refractivity contribution in [2.75, 3.05) is 6.61 Å². The number of hydrogen-bond acceptors (Lipinski definition) is 5. The van der Waals surface area contributed by atoms with Crippen molar-refractivity contribution >= 4 is 0 Å². The predicted octanol–water partition coefficient (Wildman–Crippen LogP) is -1.33. The topological polar surface area (TPSA) is 84.2 Å². The van der Waals surface area contributed by atoms with Gasteiger partial charge in [0.05, 0.1) is 0 Å². The van der Waals surface area contributed by atoms with E-state index in [1.165, 1.54) is 13.8 Å². The average molecular weight is 179 g/mol. The normalized spacial score (nSPS) is 19.2. The van der Waals surface area contributed by atoms with Gasteiger partial charge >= 0.3 is 0 Å². The second kappa shape index (κ2) is 5.45. The Morgan fingerprint density at radius 2 is 1.50 bits per heavy atom. The number of aliphatic hydroxyl groups is 4. The van der Waals surface area contributed by atoms with E-state index in [9.17, 15) is 5.11 Å². The van der Waals surface area contributed by atoms with Crippen LogP contribution in [0, 0.1) is 0 Å². The van der Waals surface area contributed by atoms with Crippen molar-refractivity contribution < 1.29 is 20.4 Å². The summed E-state index contributed by atoms with van der Waals surface area (Å²) in [5, 5.41) is 36.0. The molecule has 0 aromatic carbocycles. The first-order valence-corrected chi connectivity index (χ1v) is 3.93. The summed E-state index contributed by atoms with van der Waals surface area (Å²) in [6, 6.07) is 0. The van der Waals surface area contributed by atoms with Crippen molar-refractivity contribution in [1.82, 2.24) is 4.90 Å². The van der Waals surface area contributed by atoms with Crippen LogP contribution in [0.5, 0.6) is 0 Å². The molecule has 0 saturated carbocycles. The fourth-order valence-electron chi connectivity index (χ4n) is 1.07. The van der Waals surface area contributed by atoms with Crippen LogP contribution < -0.4 is 0 Å². The first kappa shape index (κ1) is 11.8. The molecule has 0 aromatic rings. The number of rotatable bonds is 5. The van der Waals surface area contributed by atoms with Crippen molar-refractivity contribution in [3.05, 3.63) is 0 Å². The maximum Gasteiger partial charge on any atom is 0.113 e. The molecule has 0 amide bonds. The molecule has 4 N–H and O–H groups in total. The Morgan fingerprint density at radius 1 is 1.08 bits per heavy atom. The molecule has 5 heteroatoms. The summed E-state index contributed by atoms with van der Waals surface area (Å²) in [5.74, 6) is 0. The van der Waals surface area contributed by atoms with Gasteiger partial charge in [-0.05, 0) is 13.8 Å². The first-order chi connectivity index (χ1) is 5.50. The van der Waals surface area contributed by atoms with Crippen LogP contribution in [0.15, 0.2) is 0 Å². The Morgan fingerprint density at radius 3 is 1.75 bits per heavy atom. The van der Waals surface area contributed by atoms with E-state index in [-0.39, 0.29) is 13.0 Å². The highest BCUT2D eigenvalue weighted by atomic mass is 16.4. The maximum absolute atomic E-state index is 9.30. The van der Waals surface area contributed by atoms with E-state index >= 15 is 0 Å². The molecule has 0 aliphatic rings. The van der Waals surface area contributed by atoms with Crippen LogP contribution >= 0.6 is 0 Å². The minimum Gasteiger partial charge on any atom is -0.396 e. The lowest BCUT2D eigenvalue weighted by Gasteiger charge is -2.32. The zero-order valence-electron chi connectivity index (χ0n) is 7.38. The highest BCUT2D eigenvalue weighted by molar-refractivity contribution is 4.63. The highest BCUT2D eigenvalue weighted by Gasteiger charge is 2.23. The molecule has 0 aliphatic heterocycles. The molecule has 0 fully saturated rings. The quantitative estimate of drug-likeness (QED) is 0.393. The number of hydrogen-bond donors (Lipinski definition) is 4. The van der Waals surface area contributed by atoms with Crippen molar-refractivity contribution in [3.8, 4) is 0 Å². The Hall–Kier alpha value is -0.200. The van der Waals surface area contributed by atoms with Gasteiger partial charge in [0.15, 0.2) is 0 Å². The van der Waals surface area contributed by atoms with Crippen LogP contribution in [0.1, 0.15) is 20.3 Å². The molecule has 0 saturated heterocycles. The summed E-state index contributed by atoms with van der Waals surface area (Å²) < 4.78 is 0. The molecular weight excluding hydrogens is 162 g/mol. The van der Waals surface area contributed by atoms with Gasteiger partial charge in [0.1, 0.15) is 18.7 Å². The van der Waals surface area contributed by atoms with Gasteiger partial charge in [0.25, 0.3) is 0 Å². The maximum atomic E-state index is 9.30. The van der Waals surface area contributed by atoms with Crippen LogP contribution in [0.25, 0.3) is 0 Å². The Bertz CT molecular complexity index is 110. The Kier molecular flexibility index (Phi) is 5.36. The average Bonchev–Trinajstić information content (AvgIpc) is 1.85. The second-order valence-corrected chi connectivity index (χ2v) is 2.70. The third-order valence-corrected chi connectivity index (χ3v) is 1.59. The summed E-state index contributed by atoms with van der Waals surface area (Å²) in [5.41, 5.74) is 0. The van der Waals surface area contributed by atoms with Gasteiger partial charge in [-0.1, -0.05) is 0 Å². The minimum absolute atomic E-state index is 0.107. The zero-order valence-corrected chi connectivity index (χ0v) is 7.38. The van der Waals surface area contributed by atoms with E-state index < -0.39 is 18.7 Å². The summed E-state index contributed by atoms with van der Waals surface area (Å²) in [4.78, 5) is 1.09. The van der Waals surface area contributed by atoms with E-state index in [1.807, 2.05) is 0 Å². The summed E-state index contributed by atoms with van der Waals surface area (Å²) >= 11 is 0. The Labute approximate surface area is 71.9 Å². The lowest BCUT2D eigenvalue weighted by atomic mass is 10.3. The van der Waals surface area contributed by atoms with Crippen molar-refractivity contribution in [1.29, 1.82) is 0 Å².